The number of hydrogen-bond acceptors (Lipinski definition) is 3. The van der Waals surface area contributed by atoms with E-state index in [2.05, 4.69) is 10.6 Å². The van der Waals surface area contributed by atoms with Crippen molar-refractivity contribution < 1.29 is 9.21 Å². The maximum atomic E-state index is 11.5. The molecule has 0 unspecified atom stereocenters. The van der Waals surface area contributed by atoms with E-state index in [0.29, 0.717) is 12.3 Å². The molecule has 0 fully saturated rings. The smallest absolute Gasteiger partial charge is 0.287 e. The first-order chi connectivity index (χ1) is 7.13. The highest BCUT2D eigenvalue weighted by Gasteiger charge is 2.10. The van der Waals surface area contributed by atoms with Crippen molar-refractivity contribution in [2.24, 2.45) is 0 Å². The number of furan rings is 1. The molecule has 0 bridgehead atoms. The molecule has 2 N–H and O–H groups in total. The maximum absolute atomic E-state index is 11.5. The first kappa shape index (κ1) is 11.8. The van der Waals surface area contributed by atoms with E-state index in [-0.39, 0.29) is 11.9 Å². The second-order valence-corrected chi connectivity index (χ2v) is 3.58. The van der Waals surface area contributed by atoms with Gasteiger partial charge in [0.2, 0.25) is 0 Å². The normalized spacial score (nSPS) is 12.5. The Kier molecular flexibility index (Phi) is 4.37. The van der Waals surface area contributed by atoms with Gasteiger partial charge >= 0.3 is 0 Å². The minimum absolute atomic E-state index is 0.159. The van der Waals surface area contributed by atoms with Crippen molar-refractivity contribution in [1.29, 1.82) is 0 Å². The summed E-state index contributed by atoms with van der Waals surface area (Å²) < 4.78 is 5.21. The summed E-state index contributed by atoms with van der Waals surface area (Å²) in [5.41, 5.74) is 0. The summed E-state index contributed by atoms with van der Waals surface area (Å²) in [6.07, 6.45) is 0. The maximum Gasteiger partial charge on any atom is 0.287 e. The molecule has 0 saturated carbocycles. The number of likely N-dealkylation sites (N-methyl/N-ethyl adjacent to an activating group) is 1. The zero-order chi connectivity index (χ0) is 11.3. The fraction of sp³-hybridized carbons (Fsp3) is 0.545. The molecule has 0 aromatic carbocycles. The van der Waals surface area contributed by atoms with Crippen LogP contribution >= 0.6 is 0 Å². The largest absolute Gasteiger partial charge is 0.456 e. The third-order valence-electron chi connectivity index (χ3n) is 2.09. The Morgan fingerprint density at radius 3 is 2.80 bits per heavy atom. The lowest BCUT2D eigenvalue weighted by Gasteiger charge is -2.12. The van der Waals surface area contributed by atoms with E-state index in [9.17, 15) is 4.79 Å². The lowest BCUT2D eigenvalue weighted by Crippen LogP contribution is -2.38. The highest BCUT2D eigenvalue weighted by Crippen LogP contribution is 2.05. The summed E-state index contributed by atoms with van der Waals surface area (Å²) in [7, 11) is 0. The summed E-state index contributed by atoms with van der Waals surface area (Å²) in [5.74, 6) is 0.962. The Hall–Kier alpha value is -1.29. The van der Waals surface area contributed by atoms with Crippen LogP contribution in [0.5, 0.6) is 0 Å². The number of rotatable bonds is 5. The molecule has 1 amide bonds. The molecular formula is C11H18N2O2. The number of amides is 1. The van der Waals surface area contributed by atoms with Crippen molar-refractivity contribution >= 4 is 5.91 Å². The minimum Gasteiger partial charge on any atom is -0.456 e. The Morgan fingerprint density at radius 1 is 1.53 bits per heavy atom. The van der Waals surface area contributed by atoms with E-state index >= 15 is 0 Å². The standard InChI is InChI=1S/C11H18N2O2/c1-4-12-8(2)7-13-11(14)10-6-5-9(3)15-10/h5-6,8,12H,4,7H2,1-3H3,(H,13,14)/t8-/m1/s1. The van der Waals surface area contributed by atoms with Crippen LogP contribution in [-0.2, 0) is 0 Å². The van der Waals surface area contributed by atoms with E-state index in [4.69, 9.17) is 4.42 Å². The highest BCUT2D eigenvalue weighted by molar-refractivity contribution is 5.91. The topological polar surface area (TPSA) is 54.3 Å². The Balaban J connectivity index is 2.36. The van der Waals surface area contributed by atoms with E-state index in [1.54, 1.807) is 12.1 Å². The van der Waals surface area contributed by atoms with Crippen molar-refractivity contribution in [3.8, 4) is 0 Å². The number of hydrogen-bond donors (Lipinski definition) is 2. The van der Waals surface area contributed by atoms with Crippen molar-refractivity contribution in [3.63, 3.8) is 0 Å². The molecule has 0 spiro atoms. The average molecular weight is 210 g/mol. The molecular weight excluding hydrogens is 192 g/mol. The van der Waals surface area contributed by atoms with E-state index in [1.165, 1.54) is 0 Å². The number of carbonyl (C=O) groups excluding carboxylic acids is 1. The molecule has 1 rings (SSSR count). The fourth-order valence-corrected chi connectivity index (χ4v) is 1.31. The second kappa shape index (κ2) is 5.56. The summed E-state index contributed by atoms with van der Waals surface area (Å²) in [6, 6.07) is 3.74. The van der Waals surface area contributed by atoms with Crippen LogP contribution in [0.1, 0.15) is 30.2 Å². The van der Waals surface area contributed by atoms with Crippen molar-refractivity contribution in [2.45, 2.75) is 26.8 Å². The van der Waals surface area contributed by atoms with Crippen LogP contribution in [0.15, 0.2) is 16.5 Å². The van der Waals surface area contributed by atoms with Crippen molar-refractivity contribution in [1.82, 2.24) is 10.6 Å². The summed E-state index contributed by atoms with van der Waals surface area (Å²) in [6.45, 7) is 7.38. The van der Waals surface area contributed by atoms with Crippen LogP contribution < -0.4 is 10.6 Å². The SMILES string of the molecule is CCN[C@H](C)CNC(=O)c1ccc(C)o1. The van der Waals surface area contributed by atoms with Gasteiger partial charge in [-0.1, -0.05) is 6.92 Å². The molecule has 0 saturated heterocycles. The molecule has 15 heavy (non-hydrogen) atoms. The predicted molar refractivity (Wildman–Crippen MR) is 58.9 cm³/mol. The summed E-state index contributed by atoms with van der Waals surface area (Å²) in [5, 5.41) is 6.01. The number of carbonyl (C=O) groups is 1. The molecule has 0 aliphatic rings. The van der Waals surface area contributed by atoms with Crippen LogP contribution in [0.3, 0.4) is 0 Å². The fourth-order valence-electron chi connectivity index (χ4n) is 1.31. The Labute approximate surface area is 90.0 Å². The van der Waals surface area contributed by atoms with Crippen LogP contribution in [0, 0.1) is 6.92 Å². The molecule has 0 aliphatic heterocycles. The minimum atomic E-state index is -0.159. The van der Waals surface area contributed by atoms with Gasteiger partial charge in [0.15, 0.2) is 5.76 Å². The Morgan fingerprint density at radius 2 is 2.27 bits per heavy atom. The molecule has 0 aliphatic carbocycles. The molecule has 1 aromatic rings. The Bertz CT molecular complexity index is 320. The van der Waals surface area contributed by atoms with Gasteiger partial charge in [-0.2, -0.15) is 0 Å². The second-order valence-electron chi connectivity index (χ2n) is 3.58. The third-order valence-corrected chi connectivity index (χ3v) is 2.09. The van der Waals surface area contributed by atoms with Gasteiger partial charge in [-0.05, 0) is 32.5 Å². The van der Waals surface area contributed by atoms with Gasteiger partial charge in [-0.25, -0.2) is 0 Å². The lowest BCUT2D eigenvalue weighted by molar-refractivity contribution is 0.0921. The monoisotopic (exact) mass is 210 g/mol. The van der Waals surface area contributed by atoms with Gasteiger partial charge in [0.1, 0.15) is 5.76 Å². The molecule has 4 nitrogen and oxygen atoms in total. The zero-order valence-electron chi connectivity index (χ0n) is 9.46. The van der Waals surface area contributed by atoms with E-state index in [1.807, 2.05) is 20.8 Å². The molecule has 84 valence electrons. The van der Waals surface area contributed by atoms with E-state index < -0.39 is 0 Å². The van der Waals surface area contributed by atoms with Gasteiger partial charge in [0.05, 0.1) is 0 Å². The van der Waals surface area contributed by atoms with Gasteiger partial charge < -0.3 is 15.1 Å². The molecule has 1 atom stereocenters. The summed E-state index contributed by atoms with van der Waals surface area (Å²) in [4.78, 5) is 11.5. The van der Waals surface area contributed by atoms with Crippen molar-refractivity contribution in [2.75, 3.05) is 13.1 Å². The first-order valence-corrected chi connectivity index (χ1v) is 5.21. The van der Waals surface area contributed by atoms with Gasteiger partial charge in [0, 0.05) is 12.6 Å². The van der Waals surface area contributed by atoms with Crippen LogP contribution in [-0.4, -0.2) is 25.0 Å². The molecule has 4 heteroatoms. The average Bonchev–Trinajstić information content (AvgIpc) is 2.62. The summed E-state index contributed by atoms with van der Waals surface area (Å²) >= 11 is 0. The van der Waals surface area contributed by atoms with Crippen LogP contribution in [0.2, 0.25) is 0 Å². The highest BCUT2D eigenvalue weighted by atomic mass is 16.3. The predicted octanol–water partition coefficient (Wildman–Crippen LogP) is 1.32. The number of aryl methyl sites for hydroxylation is 1. The number of nitrogens with one attached hydrogen (secondary N) is 2. The third kappa shape index (κ3) is 3.75. The molecule has 1 aromatic heterocycles. The van der Waals surface area contributed by atoms with Crippen LogP contribution in [0.25, 0.3) is 0 Å². The zero-order valence-corrected chi connectivity index (χ0v) is 9.46. The van der Waals surface area contributed by atoms with Gasteiger partial charge in [0.25, 0.3) is 5.91 Å². The molecule has 1 heterocycles. The quantitative estimate of drug-likeness (QED) is 0.770. The van der Waals surface area contributed by atoms with E-state index in [0.717, 1.165) is 12.3 Å². The van der Waals surface area contributed by atoms with Crippen molar-refractivity contribution in [3.05, 3.63) is 23.7 Å². The van der Waals surface area contributed by atoms with Gasteiger partial charge in [-0.15, -0.1) is 0 Å². The van der Waals surface area contributed by atoms with Gasteiger partial charge in [-0.3, -0.25) is 4.79 Å². The first-order valence-electron chi connectivity index (χ1n) is 5.21. The molecule has 0 radical (unpaired) electrons. The van der Waals surface area contributed by atoms with Crippen LogP contribution in [0.4, 0.5) is 0 Å². The lowest BCUT2D eigenvalue weighted by atomic mass is 10.3.